The van der Waals surface area contributed by atoms with Crippen LogP contribution in [0.4, 0.5) is 11.4 Å². The minimum Gasteiger partial charge on any atom is -0.387 e. The molecule has 7 heteroatoms. The third-order valence-corrected chi connectivity index (χ3v) is 5.72. The van der Waals surface area contributed by atoms with E-state index in [1.54, 1.807) is 6.07 Å². The van der Waals surface area contributed by atoms with Gasteiger partial charge in [-0.1, -0.05) is 42.5 Å². The number of nitrogens with zero attached hydrogens (tertiary/aromatic N) is 4. The van der Waals surface area contributed by atoms with Gasteiger partial charge in [-0.15, -0.1) is 0 Å². The van der Waals surface area contributed by atoms with E-state index < -0.39 is 10.5 Å². The van der Waals surface area contributed by atoms with E-state index in [1.807, 2.05) is 49.2 Å². The number of β-amino-alcohol motifs (C(OH)–C–C–N with tert-alkyl or cyclic N) is 1. The minimum absolute atomic E-state index is 0.000496. The van der Waals surface area contributed by atoms with E-state index in [1.165, 1.54) is 11.6 Å². The Labute approximate surface area is 175 Å². The second-order valence-electron chi connectivity index (χ2n) is 8.24. The molecule has 3 aromatic rings. The van der Waals surface area contributed by atoms with Crippen LogP contribution in [0.15, 0.2) is 54.6 Å². The summed E-state index contributed by atoms with van der Waals surface area (Å²) in [5.41, 5.74) is 2.33. The molecule has 2 heterocycles. The molecule has 1 unspecified atom stereocenters. The van der Waals surface area contributed by atoms with Crippen LogP contribution in [0.1, 0.15) is 17.7 Å². The lowest BCUT2D eigenvalue weighted by molar-refractivity contribution is -0.383. The molecule has 30 heavy (non-hydrogen) atoms. The van der Waals surface area contributed by atoms with E-state index in [9.17, 15) is 15.2 Å². The lowest BCUT2D eigenvalue weighted by atomic mass is 10.0. The summed E-state index contributed by atoms with van der Waals surface area (Å²) in [6.45, 7) is 4.52. The predicted molar refractivity (Wildman–Crippen MR) is 118 cm³/mol. The van der Waals surface area contributed by atoms with Gasteiger partial charge in [0.15, 0.2) is 5.52 Å². The van der Waals surface area contributed by atoms with Crippen molar-refractivity contribution < 1.29 is 10.0 Å². The molecule has 4 rings (SSSR count). The molecule has 1 aliphatic heterocycles. The molecule has 0 radical (unpaired) electrons. The first-order valence-corrected chi connectivity index (χ1v) is 10.1. The Morgan fingerprint density at radius 1 is 1.23 bits per heavy atom. The first-order valence-electron chi connectivity index (χ1n) is 10.1. The number of likely N-dealkylation sites (tertiary alicyclic amines) is 1. The molecule has 0 amide bonds. The monoisotopic (exact) mass is 406 g/mol. The molecule has 2 aromatic carbocycles. The number of anilines is 1. The molecule has 1 N–H and O–H groups in total. The lowest BCUT2D eigenvalue weighted by Gasteiger charge is -2.31. The van der Waals surface area contributed by atoms with Crippen molar-refractivity contribution in [3.8, 4) is 0 Å². The summed E-state index contributed by atoms with van der Waals surface area (Å²) in [6, 6.07) is 17.2. The predicted octanol–water partition coefficient (Wildman–Crippen LogP) is 3.52. The van der Waals surface area contributed by atoms with Gasteiger partial charge in [0, 0.05) is 56.1 Å². The van der Waals surface area contributed by atoms with Crippen molar-refractivity contribution in [1.29, 1.82) is 0 Å². The zero-order valence-electron chi connectivity index (χ0n) is 17.3. The largest absolute Gasteiger partial charge is 0.387 e. The van der Waals surface area contributed by atoms with Crippen molar-refractivity contribution in [2.24, 2.45) is 0 Å². The van der Waals surface area contributed by atoms with Gasteiger partial charge in [0.1, 0.15) is 0 Å². The Bertz CT molecular complexity index is 1070. The van der Waals surface area contributed by atoms with Gasteiger partial charge in [-0.05, 0) is 25.0 Å². The Morgan fingerprint density at radius 3 is 2.73 bits per heavy atom. The zero-order chi connectivity index (χ0) is 21.3. The topological polar surface area (TPSA) is 82.7 Å². The average molecular weight is 406 g/mol. The maximum absolute atomic E-state index is 11.4. The first kappa shape index (κ1) is 20.3. The van der Waals surface area contributed by atoms with Crippen molar-refractivity contribution in [3.05, 3.63) is 76.0 Å². The van der Waals surface area contributed by atoms with Gasteiger partial charge >= 0.3 is 0 Å². The van der Waals surface area contributed by atoms with E-state index in [0.29, 0.717) is 30.7 Å². The number of para-hydroxylation sites is 1. The van der Waals surface area contributed by atoms with Gasteiger partial charge in [-0.25, -0.2) is 4.98 Å². The molecule has 1 atom stereocenters. The van der Waals surface area contributed by atoms with Crippen LogP contribution in [0.25, 0.3) is 10.9 Å². The highest BCUT2D eigenvalue weighted by Crippen LogP contribution is 2.33. The molecule has 0 saturated carbocycles. The molecule has 1 fully saturated rings. The highest BCUT2D eigenvalue weighted by atomic mass is 16.6. The van der Waals surface area contributed by atoms with Gasteiger partial charge in [0.2, 0.25) is 0 Å². The average Bonchev–Trinajstić information content (AvgIpc) is 3.07. The number of fused-ring (bicyclic) bond motifs is 1. The van der Waals surface area contributed by atoms with Crippen LogP contribution in [0.2, 0.25) is 0 Å². The molecule has 1 saturated heterocycles. The van der Waals surface area contributed by atoms with Crippen molar-refractivity contribution in [3.63, 3.8) is 0 Å². The minimum atomic E-state index is -0.840. The van der Waals surface area contributed by atoms with Crippen LogP contribution in [0.5, 0.6) is 0 Å². The summed E-state index contributed by atoms with van der Waals surface area (Å²) in [5.74, 6) is 0. The summed E-state index contributed by atoms with van der Waals surface area (Å²) in [7, 11) is 1.92. The van der Waals surface area contributed by atoms with Gasteiger partial charge in [0.25, 0.3) is 5.69 Å². The lowest BCUT2D eigenvalue weighted by Crippen LogP contribution is -2.44. The summed E-state index contributed by atoms with van der Waals surface area (Å²) >= 11 is 0. The molecule has 1 aromatic heterocycles. The first-order chi connectivity index (χ1) is 14.3. The molecule has 156 valence electrons. The second-order valence-corrected chi connectivity index (χ2v) is 8.24. The molecule has 7 nitrogen and oxygen atoms in total. The maximum Gasteiger partial charge on any atom is 0.295 e. The second kappa shape index (κ2) is 8.01. The Hall–Kier alpha value is -3.03. The number of hydrogen-bond acceptors (Lipinski definition) is 6. The molecular weight excluding hydrogens is 380 g/mol. The number of hydrogen-bond donors (Lipinski definition) is 1. The summed E-state index contributed by atoms with van der Waals surface area (Å²) in [5, 5.41) is 23.4. The molecule has 0 aliphatic carbocycles. The summed E-state index contributed by atoms with van der Waals surface area (Å²) in [6.07, 6.45) is 0.687. The van der Waals surface area contributed by atoms with Crippen molar-refractivity contribution in [1.82, 2.24) is 9.88 Å². The van der Waals surface area contributed by atoms with Gasteiger partial charge in [-0.2, -0.15) is 0 Å². The number of nitro benzene ring substituents is 1. The Kier molecular flexibility index (Phi) is 5.40. The standard InChI is InChI=1S/C23H26N4O3/c1-17-13-21(19-9-6-10-20(27(29)30)22(19)24-17)25(2)15-23(28)11-12-26(16-23)14-18-7-4-3-5-8-18/h3-10,13,28H,11-12,14-16H2,1-2H3. The number of likely N-dealkylation sites (N-methyl/N-ethyl adjacent to an activating group) is 1. The molecule has 1 aliphatic rings. The van der Waals surface area contributed by atoms with Crippen LogP contribution in [-0.4, -0.2) is 52.2 Å². The van der Waals surface area contributed by atoms with Crippen LogP contribution in [0, 0.1) is 17.0 Å². The number of pyridine rings is 1. The number of benzene rings is 2. The fraction of sp³-hybridized carbons (Fsp3) is 0.348. The molecular formula is C23H26N4O3. The quantitative estimate of drug-likeness (QED) is 0.498. The van der Waals surface area contributed by atoms with Crippen LogP contribution in [-0.2, 0) is 6.54 Å². The van der Waals surface area contributed by atoms with Crippen LogP contribution >= 0.6 is 0 Å². The summed E-state index contributed by atoms with van der Waals surface area (Å²) < 4.78 is 0. The Balaban J connectivity index is 1.55. The van der Waals surface area contributed by atoms with Crippen molar-refractivity contribution >= 4 is 22.3 Å². The molecule has 0 spiro atoms. The van der Waals surface area contributed by atoms with Crippen molar-refractivity contribution in [2.45, 2.75) is 25.5 Å². The van der Waals surface area contributed by atoms with E-state index in [0.717, 1.165) is 24.2 Å². The van der Waals surface area contributed by atoms with E-state index in [4.69, 9.17) is 0 Å². The fourth-order valence-electron chi connectivity index (χ4n) is 4.38. The van der Waals surface area contributed by atoms with Crippen molar-refractivity contribution in [2.75, 3.05) is 31.6 Å². The highest BCUT2D eigenvalue weighted by Gasteiger charge is 2.37. The van der Waals surface area contributed by atoms with E-state index in [2.05, 4.69) is 22.0 Å². The highest BCUT2D eigenvalue weighted by molar-refractivity contribution is 5.97. The number of nitro groups is 1. The van der Waals surface area contributed by atoms with Gasteiger partial charge < -0.3 is 10.0 Å². The third-order valence-electron chi connectivity index (χ3n) is 5.72. The smallest absolute Gasteiger partial charge is 0.295 e. The van der Waals surface area contributed by atoms with Gasteiger partial charge in [-0.3, -0.25) is 15.0 Å². The van der Waals surface area contributed by atoms with E-state index in [-0.39, 0.29) is 5.69 Å². The number of non-ortho nitro benzene ring substituents is 1. The van der Waals surface area contributed by atoms with Gasteiger partial charge in [0.05, 0.1) is 10.5 Å². The summed E-state index contributed by atoms with van der Waals surface area (Å²) in [4.78, 5) is 19.7. The number of aromatic nitrogens is 1. The number of aryl methyl sites for hydroxylation is 1. The Morgan fingerprint density at radius 2 is 2.00 bits per heavy atom. The third kappa shape index (κ3) is 4.13. The zero-order valence-corrected chi connectivity index (χ0v) is 17.3. The van der Waals surface area contributed by atoms with E-state index >= 15 is 0 Å². The molecule has 0 bridgehead atoms. The van der Waals surface area contributed by atoms with Crippen LogP contribution < -0.4 is 4.90 Å². The maximum atomic E-state index is 11.4. The number of aliphatic hydroxyl groups is 1. The SMILES string of the molecule is Cc1cc(N(C)CC2(O)CCN(Cc3ccccc3)C2)c2cccc([N+](=O)[O-])c2n1. The normalized spacial score (nSPS) is 19.3. The van der Waals surface area contributed by atoms with Crippen LogP contribution in [0.3, 0.4) is 0 Å². The fourth-order valence-corrected chi connectivity index (χ4v) is 4.38. The number of rotatable bonds is 6.